The number of hydrogen-bond acceptors (Lipinski definition) is 4. The van der Waals surface area contributed by atoms with Gasteiger partial charge in [-0.2, -0.15) is 0 Å². The zero-order chi connectivity index (χ0) is 25.9. The van der Waals surface area contributed by atoms with Crippen LogP contribution in [0.4, 0.5) is 0 Å². The van der Waals surface area contributed by atoms with Crippen molar-refractivity contribution in [1.29, 1.82) is 0 Å². The van der Waals surface area contributed by atoms with Crippen molar-refractivity contribution < 1.29 is 4.43 Å². The number of nitrogens with zero attached hydrogens (tertiary/aromatic N) is 3. The monoisotopic (exact) mass is 499 g/mol. The van der Waals surface area contributed by atoms with Crippen LogP contribution in [0.5, 0.6) is 0 Å². The summed E-state index contributed by atoms with van der Waals surface area (Å²) in [7, 11) is -0.612. The summed E-state index contributed by atoms with van der Waals surface area (Å²) in [5, 5.41) is 0. The van der Waals surface area contributed by atoms with Crippen molar-refractivity contribution in [3.05, 3.63) is 0 Å². The average molecular weight is 500 g/mol. The molecule has 0 radical (unpaired) electrons. The third-order valence-corrected chi connectivity index (χ3v) is 9.66. The molecule has 0 heterocycles. The van der Waals surface area contributed by atoms with E-state index in [1.54, 1.807) is 0 Å². The molecular formula is C29H65N3OSi. The fourth-order valence-electron chi connectivity index (χ4n) is 5.49. The van der Waals surface area contributed by atoms with Crippen molar-refractivity contribution in [2.75, 3.05) is 58.9 Å². The van der Waals surface area contributed by atoms with Crippen molar-refractivity contribution in [1.82, 2.24) is 14.7 Å². The Bertz CT molecular complexity index is 395. The molecule has 0 unspecified atom stereocenters. The van der Waals surface area contributed by atoms with Gasteiger partial charge >= 0.3 is 0 Å². The minimum Gasteiger partial charge on any atom is -0.419 e. The highest BCUT2D eigenvalue weighted by Gasteiger charge is 2.36. The molecule has 0 aromatic carbocycles. The lowest BCUT2D eigenvalue weighted by Gasteiger charge is -2.45. The van der Waals surface area contributed by atoms with E-state index in [1.807, 2.05) is 0 Å². The molecule has 0 aliphatic heterocycles. The quantitative estimate of drug-likeness (QED) is 0.142. The van der Waals surface area contributed by atoms with Crippen molar-refractivity contribution in [3.8, 4) is 0 Å². The lowest BCUT2D eigenvalue weighted by atomic mass is 9.87. The molecule has 0 N–H and O–H groups in total. The summed E-state index contributed by atoms with van der Waals surface area (Å²) >= 11 is 0. The van der Waals surface area contributed by atoms with Gasteiger partial charge in [-0.3, -0.25) is 0 Å². The summed E-state index contributed by atoms with van der Waals surface area (Å²) in [4.78, 5) is 8.37. The van der Waals surface area contributed by atoms with Gasteiger partial charge in [0, 0.05) is 25.0 Å². The van der Waals surface area contributed by atoms with Crippen LogP contribution in [0.3, 0.4) is 0 Å². The van der Waals surface area contributed by atoms with Crippen molar-refractivity contribution >= 4 is 9.76 Å². The molecule has 34 heavy (non-hydrogen) atoms. The van der Waals surface area contributed by atoms with E-state index in [-0.39, 0.29) is 5.60 Å². The third-order valence-electron chi connectivity index (χ3n) is 7.49. The van der Waals surface area contributed by atoms with Crippen LogP contribution in [0.15, 0.2) is 0 Å². The maximum Gasteiger partial charge on any atom is 0.163 e. The fourth-order valence-corrected chi connectivity index (χ4v) is 7.40. The van der Waals surface area contributed by atoms with E-state index >= 15 is 0 Å². The average Bonchev–Trinajstić information content (AvgIpc) is 2.80. The van der Waals surface area contributed by atoms with Gasteiger partial charge in [0.1, 0.15) is 0 Å². The molecule has 0 fully saturated rings. The Hall–Kier alpha value is 0.0569. The minimum absolute atomic E-state index is 0.0730. The van der Waals surface area contributed by atoms with E-state index < -0.39 is 9.76 Å². The van der Waals surface area contributed by atoms with Crippen LogP contribution in [0.2, 0.25) is 6.04 Å². The van der Waals surface area contributed by atoms with Gasteiger partial charge in [0.15, 0.2) is 9.76 Å². The first-order valence-electron chi connectivity index (χ1n) is 15.1. The van der Waals surface area contributed by atoms with Crippen molar-refractivity contribution in [2.24, 2.45) is 5.41 Å². The largest absolute Gasteiger partial charge is 0.419 e. The summed E-state index contributed by atoms with van der Waals surface area (Å²) in [5.41, 5.74) is 0.372. The van der Waals surface area contributed by atoms with Crippen LogP contribution in [0, 0.1) is 5.41 Å². The van der Waals surface area contributed by atoms with Crippen LogP contribution in [0.1, 0.15) is 114 Å². The molecule has 0 amide bonds. The first-order chi connectivity index (χ1) is 16.3. The van der Waals surface area contributed by atoms with Crippen molar-refractivity contribution in [2.45, 2.75) is 125 Å². The molecule has 0 atom stereocenters. The summed E-state index contributed by atoms with van der Waals surface area (Å²) in [6.07, 6.45) is 9.71. The maximum atomic E-state index is 6.77. The van der Waals surface area contributed by atoms with Crippen LogP contribution >= 0.6 is 0 Å². The van der Waals surface area contributed by atoms with Gasteiger partial charge in [0.05, 0.1) is 5.60 Å². The van der Waals surface area contributed by atoms with Crippen LogP contribution in [0.25, 0.3) is 0 Å². The first-order valence-corrected chi connectivity index (χ1v) is 16.7. The smallest absolute Gasteiger partial charge is 0.163 e. The highest BCUT2D eigenvalue weighted by Crippen LogP contribution is 2.30. The van der Waals surface area contributed by atoms with E-state index in [9.17, 15) is 0 Å². The third kappa shape index (κ3) is 14.0. The van der Waals surface area contributed by atoms with E-state index in [0.717, 1.165) is 12.8 Å². The van der Waals surface area contributed by atoms with Crippen LogP contribution in [-0.4, -0.2) is 89.0 Å². The molecule has 0 saturated carbocycles. The Kier molecular flexibility index (Phi) is 20.2. The van der Waals surface area contributed by atoms with Gasteiger partial charge in [-0.15, -0.1) is 0 Å². The molecule has 0 aliphatic rings. The molecular weight excluding hydrogens is 434 g/mol. The number of rotatable bonds is 24. The van der Waals surface area contributed by atoms with E-state index in [4.69, 9.17) is 4.43 Å². The fraction of sp³-hybridized carbons (Fsp3) is 1.00. The maximum absolute atomic E-state index is 6.77. The predicted octanol–water partition coefficient (Wildman–Crippen LogP) is 6.44. The molecule has 0 spiro atoms. The summed E-state index contributed by atoms with van der Waals surface area (Å²) in [6, 6.07) is 1.29. The Morgan fingerprint density at radius 3 is 1.06 bits per heavy atom. The molecule has 5 heteroatoms. The highest BCUT2D eigenvalue weighted by atomic mass is 28.2. The normalized spacial score (nSPS) is 13.4. The first kappa shape index (κ1) is 34.1. The molecule has 0 bridgehead atoms. The topological polar surface area (TPSA) is 19.0 Å². The second-order valence-corrected chi connectivity index (χ2v) is 12.3. The Labute approximate surface area is 218 Å². The molecule has 0 aliphatic carbocycles. The Balaban J connectivity index is 6.12. The Morgan fingerprint density at radius 2 is 0.824 bits per heavy atom. The minimum atomic E-state index is -0.612. The SMILES string of the molecule is CCCN(CCC)CC(C[SiH2]OC(C)(CC)CC)(CN(CCC)CCC)CN(CCC)CCC. The van der Waals surface area contributed by atoms with Gasteiger partial charge in [0.25, 0.3) is 0 Å². The van der Waals surface area contributed by atoms with Crippen LogP contribution < -0.4 is 0 Å². The van der Waals surface area contributed by atoms with Gasteiger partial charge < -0.3 is 19.1 Å². The van der Waals surface area contributed by atoms with E-state index in [0.29, 0.717) is 5.41 Å². The second kappa shape index (κ2) is 20.2. The lowest BCUT2D eigenvalue weighted by molar-refractivity contribution is 0.0522. The van der Waals surface area contributed by atoms with E-state index in [1.165, 1.54) is 103 Å². The summed E-state index contributed by atoms with van der Waals surface area (Å²) in [6.45, 7) is 32.0. The summed E-state index contributed by atoms with van der Waals surface area (Å²) in [5.74, 6) is 0. The van der Waals surface area contributed by atoms with Crippen molar-refractivity contribution in [3.63, 3.8) is 0 Å². The molecule has 0 saturated heterocycles. The molecule has 4 nitrogen and oxygen atoms in total. The van der Waals surface area contributed by atoms with Gasteiger partial charge in [-0.05, 0) is 104 Å². The van der Waals surface area contributed by atoms with Gasteiger partial charge in [-0.1, -0.05) is 55.4 Å². The van der Waals surface area contributed by atoms with E-state index in [2.05, 4.69) is 77.0 Å². The molecule has 0 aromatic heterocycles. The van der Waals surface area contributed by atoms with Gasteiger partial charge in [-0.25, -0.2) is 0 Å². The molecule has 206 valence electrons. The zero-order valence-corrected chi connectivity index (χ0v) is 26.6. The Morgan fingerprint density at radius 1 is 0.529 bits per heavy atom. The van der Waals surface area contributed by atoms with Gasteiger partial charge in [0.2, 0.25) is 0 Å². The standard InChI is InChI=1S/C29H65N3OSi/c1-10-18-30(19-11-2)24-29(25-31(20-12-3)21-13-4,26-32(22-14-5)23-15-6)27-34-33-28(9,16-7)17-8/h10-27,34H2,1-9H3. The highest BCUT2D eigenvalue weighted by molar-refractivity contribution is 6.27. The predicted molar refractivity (Wildman–Crippen MR) is 157 cm³/mol. The second-order valence-electron chi connectivity index (χ2n) is 11.1. The summed E-state index contributed by atoms with van der Waals surface area (Å²) < 4.78 is 6.77. The molecule has 0 rings (SSSR count). The van der Waals surface area contributed by atoms with Crippen LogP contribution in [-0.2, 0) is 4.43 Å². The zero-order valence-electron chi connectivity index (χ0n) is 25.2. The number of hydrogen-bond donors (Lipinski definition) is 0. The lowest BCUT2D eigenvalue weighted by Crippen LogP contribution is -2.53. The molecule has 0 aromatic rings.